The Bertz CT molecular complexity index is 580. The van der Waals surface area contributed by atoms with E-state index >= 15 is 0 Å². The van der Waals surface area contributed by atoms with Gasteiger partial charge in [-0.1, -0.05) is 15.9 Å². The van der Waals surface area contributed by atoms with Gasteiger partial charge in [-0.3, -0.25) is 4.79 Å². The molecule has 0 bridgehead atoms. The Labute approximate surface area is 128 Å². The summed E-state index contributed by atoms with van der Waals surface area (Å²) in [5, 5.41) is 14.8. The number of benzene rings is 1. The van der Waals surface area contributed by atoms with Crippen molar-refractivity contribution in [2.75, 3.05) is 5.32 Å². The maximum absolute atomic E-state index is 11.9. The summed E-state index contributed by atoms with van der Waals surface area (Å²) in [5.74, 6) is -0.387. The normalized spacial score (nSPS) is 11.7. The lowest BCUT2D eigenvalue weighted by atomic mass is 10.1. The lowest BCUT2D eigenvalue weighted by Crippen LogP contribution is -2.41. The van der Waals surface area contributed by atoms with E-state index in [1.165, 1.54) is 6.20 Å². The van der Waals surface area contributed by atoms with Gasteiger partial charge < -0.3 is 10.6 Å². The fourth-order valence-corrected chi connectivity index (χ4v) is 1.97. The van der Waals surface area contributed by atoms with Crippen molar-refractivity contribution in [1.29, 1.82) is 5.26 Å². The van der Waals surface area contributed by atoms with Gasteiger partial charge >= 0.3 is 0 Å². The van der Waals surface area contributed by atoms with Crippen LogP contribution >= 0.6 is 15.9 Å². The van der Waals surface area contributed by atoms with Crippen LogP contribution in [0.15, 0.2) is 34.4 Å². The van der Waals surface area contributed by atoms with Crippen molar-refractivity contribution < 1.29 is 4.79 Å². The lowest BCUT2D eigenvalue weighted by Gasteiger charge is -2.20. The molecule has 106 valence electrons. The molecule has 0 spiro atoms. The molecule has 0 fully saturated rings. The second-order valence-electron chi connectivity index (χ2n) is 5.48. The summed E-state index contributed by atoms with van der Waals surface area (Å²) in [7, 11) is 0. The zero-order valence-corrected chi connectivity index (χ0v) is 13.6. The van der Waals surface area contributed by atoms with Crippen molar-refractivity contribution in [2.45, 2.75) is 33.2 Å². The lowest BCUT2D eigenvalue weighted by molar-refractivity contribution is -0.118. The SMILES string of the molecule is Cc1cc(Br)ccc1N/C=C(/C#N)C(=O)NC(C)(C)C. The number of nitrogens with zero attached hydrogens (tertiary/aromatic N) is 1. The van der Waals surface area contributed by atoms with E-state index in [1.54, 1.807) is 0 Å². The Morgan fingerprint density at radius 3 is 2.55 bits per heavy atom. The average molecular weight is 336 g/mol. The molecule has 0 aliphatic carbocycles. The van der Waals surface area contributed by atoms with Crippen LogP contribution < -0.4 is 10.6 Å². The molecule has 0 saturated carbocycles. The van der Waals surface area contributed by atoms with E-state index in [-0.39, 0.29) is 17.0 Å². The van der Waals surface area contributed by atoms with Crippen LogP contribution in [0.1, 0.15) is 26.3 Å². The summed E-state index contributed by atoms with van der Waals surface area (Å²) in [6.45, 7) is 7.55. The summed E-state index contributed by atoms with van der Waals surface area (Å²) in [6, 6.07) is 7.63. The van der Waals surface area contributed by atoms with E-state index in [0.717, 1.165) is 15.7 Å². The number of hydrogen-bond donors (Lipinski definition) is 2. The Morgan fingerprint density at radius 1 is 1.40 bits per heavy atom. The average Bonchev–Trinajstić information content (AvgIpc) is 2.30. The Hall–Kier alpha value is -1.80. The van der Waals surface area contributed by atoms with E-state index in [0.29, 0.717) is 0 Å². The van der Waals surface area contributed by atoms with Crippen LogP contribution in [-0.2, 0) is 4.79 Å². The summed E-state index contributed by atoms with van der Waals surface area (Å²) < 4.78 is 0.982. The van der Waals surface area contributed by atoms with Gasteiger partial charge in [0.1, 0.15) is 11.6 Å². The number of nitrogens with one attached hydrogen (secondary N) is 2. The number of carbonyl (C=O) groups excluding carboxylic acids is 1. The monoisotopic (exact) mass is 335 g/mol. The second kappa shape index (κ2) is 6.58. The van der Waals surface area contributed by atoms with E-state index in [9.17, 15) is 4.79 Å². The first kappa shape index (κ1) is 16.3. The van der Waals surface area contributed by atoms with Gasteiger partial charge in [0.25, 0.3) is 5.91 Å². The molecular weight excluding hydrogens is 318 g/mol. The van der Waals surface area contributed by atoms with E-state index in [1.807, 2.05) is 52.0 Å². The van der Waals surface area contributed by atoms with Gasteiger partial charge in [-0.2, -0.15) is 5.26 Å². The van der Waals surface area contributed by atoms with Gasteiger partial charge in [-0.15, -0.1) is 0 Å². The molecule has 4 nitrogen and oxygen atoms in total. The van der Waals surface area contributed by atoms with Gasteiger partial charge in [0.2, 0.25) is 0 Å². The maximum atomic E-state index is 11.9. The predicted octanol–water partition coefficient (Wildman–Crippen LogP) is 3.49. The highest BCUT2D eigenvalue weighted by atomic mass is 79.9. The summed E-state index contributed by atoms with van der Waals surface area (Å²) in [6.07, 6.45) is 1.43. The number of anilines is 1. The fourth-order valence-electron chi connectivity index (χ4n) is 1.50. The number of nitriles is 1. The highest BCUT2D eigenvalue weighted by molar-refractivity contribution is 9.10. The molecule has 0 saturated heterocycles. The highest BCUT2D eigenvalue weighted by Gasteiger charge is 2.17. The number of rotatable bonds is 3. The highest BCUT2D eigenvalue weighted by Crippen LogP contribution is 2.20. The van der Waals surface area contributed by atoms with Crippen molar-refractivity contribution in [3.8, 4) is 6.07 Å². The van der Waals surface area contributed by atoms with Gasteiger partial charge in [0.05, 0.1) is 0 Å². The second-order valence-corrected chi connectivity index (χ2v) is 6.39. The van der Waals surface area contributed by atoms with Gasteiger partial charge in [-0.05, 0) is 51.5 Å². The Balaban J connectivity index is 2.86. The maximum Gasteiger partial charge on any atom is 0.263 e. The quantitative estimate of drug-likeness (QED) is 0.656. The van der Waals surface area contributed by atoms with Crippen LogP contribution in [0.4, 0.5) is 5.69 Å². The molecule has 1 amide bonds. The minimum atomic E-state index is -0.387. The zero-order valence-electron chi connectivity index (χ0n) is 12.0. The molecule has 1 rings (SSSR count). The first-order valence-electron chi connectivity index (χ1n) is 6.18. The molecule has 0 aliphatic rings. The smallest absolute Gasteiger partial charge is 0.263 e. The summed E-state index contributed by atoms with van der Waals surface area (Å²) in [5.41, 5.74) is 1.54. The molecule has 20 heavy (non-hydrogen) atoms. The Kier molecular flexibility index (Phi) is 5.34. The molecule has 0 aliphatic heterocycles. The Morgan fingerprint density at radius 2 is 2.05 bits per heavy atom. The van der Waals surface area contributed by atoms with Gasteiger partial charge in [-0.25, -0.2) is 0 Å². The molecule has 0 atom stereocenters. The van der Waals surface area contributed by atoms with Crippen LogP contribution in [0.5, 0.6) is 0 Å². The van der Waals surface area contributed by atoms with Crippen molar-refractivity contribution in [1.82, 2.24) is 5.32 Å². The molecule has 1 aromatic carbocycles. The van der Waals surface area contributed by atoms with Crippen molar-refractivity contribution in [2.24, 2.45) is 0 Å². The number of halogens is 1. The molecular formula is C15H18BrN3O. The first-order chi connectivity index (χ1) is 9.23. The minimum Gasteiger partial charge on any atom is -0.360 e. The van der Waals surface area contributed by atoms with Crippen LogP contribution in [0.2, 0.25) is 0 Å². The van der Waals surface area contributed by atoms with Crippen LogP contribution in [-0.4, -0.2) is 11.4 Å². The number of hydrogen-bond acceptors (Lipinski definition) is 3. The van der Waals surface area contributed by atoms with Crippen molar-refractivity contribution in [3.05, 3.63) is 40.0 Å². The minimum absolute atomic E-state index is 0.0437. The first-order valence-corrected chi connectivity index (χ1v) is 6.98. The van der Waals surface area contributed by atoms with Crippen LogP contribution in [0.3, 0.4) is 0 Å². The summed E-state index contributed by atoms with van der Waals surface area (Å²) >= 11 is 3.39. The van der Waals surface area contributed by atoms with E-state index < -0.39 is 0 Å². The van der Waals surface area contributed by atoms with Crippen molar-refractivity contribution in [3.63, 3.8) is 0 Å². The van der Waals surface area contributed by atoms with Crippen LogP contribution in [0, 0.1) is 18.3 Å². The third-order valence-corrected chi connectivity index (χ3v) is 2.91. The van der Waals surface area contributed by atoms with Crippen molar-refractivity contribution >= 4 is 27.5 Å². The van der Waals surface area contributed by atoms with Gasteiger partial charge in [0, 0.05) is 21.9 Å². The zero-order chi connectivity index (χ0) is 15.3. The molecule has 1 aromatic rings. The van der Waals surface area contributed by atoms with Crippen LogP contribution in [0.25, 0.3) is 0 Å². The molecule has 2 N–H and O–H groups in total. The summed E-state index contributed by atoms with van der Waals surface area (Å²) in [4.78, 5) is 11.9. The third-order valence-electron chi connectivity index (χ3n) is 2.41. The van der Waals surface area contributed by atoms with E-state index in [2.05, 4.69) is 26.6 Å². The topological polar surface area (TPSA) is 64.9 Å². The molecule has 0 unspecified atom stereocenters. The molecule has 0 radical (unpaired) electrons. The molecule has 0 heterocycles. The molecule has 0 aromatic heterocycles. The third kappa shape index (κ3) is 5.06. The number of amides is 1. The number of carbonyl (C=O) groups is 1. The predicted molar refractivity (Wildman–Crippen MR) is 84.1 cm³/mol. The van der Waals surface area contributed by atoms with Gasteiger partial charge in [0.15, 0.2) is 0 Å². The van der Waals surface area contributed by atoms with E-state index in [4.69, 9.17) is 5.26 Å². The largest absolute Gasteiger partial charge is 0.360 e. The molecule has 5 heteroatoms. The number of aryl methyl sites for hydroxylation is 1. The fraction of sp³-hybridized carbons (Fsp3) is 0.333. The standard InChI is InChI=1S/C15H18BrN3O/c1-10-7-12(16)5-6-13(10)18-9-11(8-17)14(20)19-15(2,3)4/h5-7,9,18H,1-4H3,(H,19,20)/b11-9-.